The normalized spacial score (nSPS) is 16.2. The van der Waals surface area contributed by atoms with Gasteiger partial charge in [0.2, 0.25) is 27.7 Å². The van der Waals surface area contributed by atoms with Crippen molar-refractivity contribution in [2.75, 3.05) is 30.9 Å². The number of aromatic nitrogens is 8. The lowest BCUT2D eigenvalue weighted by atomic mass is 9.99. The molecule has 0 saturated carbocycles. The molecular weight excluding hydrogens is 1330 g/mol. The summed E-state index contributed by atoms with van der Waals surface area (Å²) in [7, 11) is -11.9. The van der Waals surface area contributed by atoms with Crippen LogP contribution < -0.4 is 45.5 Å². The highest BCUT2D eigenvalue weighted by Crippen LogP contribution is 2.41. The molecule has 0 saturated heterocycles. The van der Waals surface area contributed by atoms with Crippen LogP contribution in [0.4, 0.5) is 16.2 Å². The van der Waals surface area contributed by atoms with E-state index in [1.807, 2.05) is 4.68 Å². The lowest BCUT2D eigenvalue weighted by Crippen LogP contribution is -2.35. The maximum atomic E-state index is 12.8. The van der Waals surface area contributed by atoms with Crippen molar-refractivity contribution in [1.29, 1.82) is 0 Å². The van der Waals surface area contributed by atoms with Crippen LogP contribution in [-0.2, 0) is 114 Å². The molecule has 3 aromatic carbocycles. The van der Waals surface area contributed by atoms with Gasteiger partial charge in [-0.25, -0.2) is 45.5 Å². The van der Waals surface area contributed by atoms with E-state index in [9.17, 15) is 30.0 Å². The van der Waals surface area contributed by atoms with E-state index >= 15 is 0 Å². The molecule has 25 nitrogen and oxygen atoms in total. The number of fused-ring (bicyclic) bond motifs is 8. The first-order valence-electron chi connectivity index (χ1n) is 28.5. The molecule has 4 aliphatic heterocycles. The largest absolute Gasteiger partial charge is 0.477 e. The highest BCUT2D eigenvalue weighted by atomic mass is 79.9. The molecule has 32 heteroatoms. The number of nitrogens with one attached hydrogen (secondary N) is 2. The van der Waals surface area contributed by atoms with E-state index in [0.29, 0.717) is 38.4 Å². The minimum Gasteiger partial charge on any atom is -0.477 e. The molecule has 8 aliphatic rings. The van der Waals surface area contributed by atoms with Gasteiger partial charge < -0.3 is 41.1 Å². The number of hydrogen-bond acceptors (Lipinski definition) is 17. The van der Waals surface area contributed by atoms with Gasteiger partial charge in [-0.2, -0.15) is 28.8 Å². The topological polar surface area (TPSA) is 370 Å². The second-order valence-electron chi connectivity index (χ2n) is 21.7. The summed E-state index contributed by atoms with van der Waals surface area (Å²) in [4.78, 5) is 12.6. The lowest BCUT2D eigenvalue weighted by Gasteiger charge is -2.17. The van der Waals surface area contributed by atoms with Crippen molar-refractivity contribution in [3.63, 3.8) is 0 Å². The summed E-state index contributed by atoms with van der Waals surface area (Å²) in [6, 6.07) is 6.68. The maximum Gasteiger partial charge on any atom is 0.346 e. The van der Waals surface area contributed by atoms with Gasteiger partial charge in [0.05, 0.1) is 64.8 Å². The Morgan fingerprint density at radius 2 is 1.00 bits per heavy atom. The zero-order valence-electron chi connectivity index (χ0n) is 48.0. The number of nitrogens with two attached hydrogens (primary N) is 2. The SMILES string of the molecule is Brc1cnn2c1OCCC2.N.NS(=O)(=O)c1cnn2c1OCCC2.Nc1c2c(cc3c1CCC3)CCC2.O.O=C(Nc1c2c(cc3c1CCC3)CCC2)NS(=O)(=O)c1cnn2c1CCCC2.O=S(=O)(Oc1c(Cl)cc(Cl)cc1Cl)c1cnn2c1OCCC2. The number of anilines is 2. The molecule has 476 valence electrons. The van der Waals surface area contributed by atoms with Crippen molar-refractivity contribution < 1.29 is 53.9 Å². The van der Waals surface area contributed by atoms with E-state index in [-0.39, 0.29) is 58.9 Å². The minimum atomic E-state index is -4.19. The molecule has 15 rings (SSSR count). The molecule has 7 aromatic rings. The molecule has 0 bridgehead atoms. The molecule has 0 unspecified atom stereocenters. The molecule has 11 N–H and O–H groups in total. The quantitative estimate of drug-likeness (QED) is 0.0738. The van der Waals surface area contributed by atoms with Gasteiger partial charge in [-0.1, -0.05) is 46.9 Å². The van der Waals surface area contributed by atoms with Crippen LogP contribution in [0.5, 0.6) is 23.4 Å². The summed E-state index contributed by atoms with van der Waals surface area (Å²) >= 11 is 21.0. The van der Waals surface area contributed by atoms with Gasteiger partial charge in [-0.15, -0.1) is 0 Å². The van der Waals surface area contributed by atoms with Crippen LogP contribution in [0.2, 0.25) is 15.1 Å². The second kappa shape index (κ2) is 27.9. The first kappa shape index (κ1) is 66.3. The Balaban J connectivity index is 0.000000137. The third-order valence-electron chi connectivity index (χ3n) is 16.0. The van der Waals surface area contributed by atoms with E-state index in [0.717, 1.165) is 112 Å². The molecule has 0 atom stereocenters. The van der Waals surface area contributed by atoms with Crippen LogP contribution in [0.3, 0.4) is 0 Å². The third-order valence-corrected chi connectivity index (χ3v) is 20.7. The molecule has 0 fully saturated rings. The number of nitrogen functional groups attached to an aromatic ring is 1. The third kappa shape index (κ3) is 14.4. The highest BCUT2D eigenvalue weighted by Gasteiger charge is 2.32. The average Bonchev–Trinajstić information content (AvgIpc) is 3.81. The molecule has 0 radical (unpaired) electrons. The molecule has 0 spiro atoms. The number of rotatable bonds is 7. The number of nitrogens with zero attached hydrogens (tertiary/aromatic N) is 8. The molecule has 2 amide bonds. The monoisotopic (exact) mass is 1400 g/mol. The summed E-state index contributed by atoms with van der Waals surface area (Å²) < 4.78 is 103. The summed E-state index contributed by atoms with van der Waals surface area (Å²) in [6.45, 7) is 4.67. The van der Waals surface area contributed by atoms with Crippen molar-refractivity contribution in [2.45, 2.75) is 156 Å². The lowest BCUT2D eigenvalue weighted by molar-refractivity contribution is 0.224. The first-order chi connectivity index (χ1) is 41.2. The summed E-state index contributed by atoms with van der Waals surface area (Å²) in [6.07, 6.45) is 24.4. The molecule has 4 aliphatic carbocycles. The van der Waals surface area contributed by atoms with Gasteiger partial charge in [-0.3, -0.25) is 4.68 Å². The van der Waals surface area contributed by atoms with Crippen LogP contribution in [0.1, 0.15) is 108 Å². The predicted molar refractivity (Wildman–Crippen MR) is 334 cm³/mol. The Labute approximate surface area is 533 Å². The van der Waals surface area contributed by atoms with Gasteiger partial charge in [-0.05, 0) is 169 Å². The van der Waals surface area contributed by atoms with E-state index in [4.69, 9.17) is 64.1 Å². The number of aryl methyl sites for hydroxylation is 8. The number of amides is 2. The molecule has 4 aromatic heterocycles. The number of benzene rings is 3. The standard InChI is InChI=1S/C20H24N4O3S.C12H9Cl3N2O4S.C12H15N.C6H7BrN2O.C6H9N3O3S.H3N.H2O/c25-20(23-28(26,27)18-12-21-24-10-2-1-9-17(18)24)22-19-15-7-3-5-13(15)11-14-6-4-8-16(14)19;13-7-4-8(14)11(9(15)5-7)21-22(18,19)10-6-16-17-2-1-3-20-12(10)17;13-12-10-5-1-3-8(10)7-9-4-2-6-11(9)12;7-5-4-8-9-2-1-3-10-6(5)9;7-13(10,11)5-4-8-9-2-1-3-12-6(5)9;;/h11-12H,1-10H2,(H2,22,23,25);4-6H,1-3H2;7H,1-6,13H2;4H,1-3H2;4H,1-3H2,(H2,7,10,11);1H3;1H2. The number of urea groups is 1. The van der Waals surface area contributed by atoms with Crippen LogP contribution in [0.15, 0.2) is 68.2 Å². The number of primary sulfonamides is 1. The number of hydrogen-bond donors (Lipinski definition) is 5. The predicted octanol–water partition coefficient (Wildman–Crippen LogP) is 8.43. The summed E-state index contributed by atoms with van der Waals surface area (Å²) in [5, 5.41) is 24.2. The second-order valence-corrected chi connectivity index (χ2v) is 28.5. The Morgan fingerprint density at radius 3 is 1.53 bits per heavy atom. The summed E-state index contributed by atoms with van der Waals surface area (Å²) in [5.74, 6) is 1.08. The highest BCUT2D eigenvalue weighted by molar-refractivity contribution is 9.10. The van der Waals surface area contributed by atoms with E-state index in [1.165, 1.54) is 123 Å². The maximum absolute atomic E-state index is 12.8. The summed E-state index contributed by atoms with van der Waals surface area (Å²) in [5.41, 5.74) is 19.8. The van der Waals surface area contributed by atoms with Crippen molar-refractivity contribution in [3.05, 3.63) is 119 Å². The van der Waals surface area contributed by atoms with Gasteiger partial charge in [0.1, 0.15) is 4.90 Å². The number of ether oxygens (including phenoxy) is 3. The van der Waals surface area contributed by atoms with Gasteiger partial charge >= 0.3 is 16.1 Å². The van der Waals surface area contributed by atoms with E-state index in [2.05, 4.69) is 58.5 Å². The van der Waals surface area contributed by atoms with Gasteiger partial charge in [0.25, 0.3) is 10.0 Å². The van der Waals surface area contributed by atoms with Crippen LogP contribution in [0, 0.1) is 0 Å². The smallest absolute Gasteiger partial charge is 0.346 e. The Morgan fingerprint density at radius 1 is 0.557 bits per heavy atom. The molecule has 8 heterocycles. The van der Waals surface area contributed by atoms with Crippen molar-refractivity contribution in [3.8, 4) is 23.4 Å². The van der Waals surface area contributed by atoms with E-state index < -0.39 is 36.2 Å². The van der Waals surface area contributed by atoms with Crippen LogP contribution >= 0.6 is 50.7 Å². The fourth-order valence-corrected chi connectivity index (χ4v) is 16.2. The van der Waals surface area contributed by atoms with Crippen molar-refractivity contribution in [2.24, 2.45) is 5.14 Å². The Kier molecular flexibility index (Phi) is 21.0. The number of halogens is 4. The van der Waals surface area contributed by atoms with Gasteiger partial charge in [0.15, 0.2) is 15.5 Å². The number of carbonyl (C=O) groups excluding carboxylic acids is 1. The number of sulfonamides is 2. The van der Waals surface area contributed by atoms with Crippen LogP contribution in [0.25, 0.3) is 0 Å². The fourth-order valence-electron chi connectivity index (χ4n) is 12.0. The Hall–Kier alpha value is -6.15. The van der Waals surface area contributed by atoms with Crippen molar-refractivity contribution in [1.82, 2.24) is 50.0 Å². The minimum absolute atomic E-state index is 0. The first-order valence-corrected chi connectivity index (χ1v) is 34.9. The van der Waals surface area contributed by atoms with Gasteiger partial charge in [0, 0.05) is 61.8 Å². The molecule has 88 heavy (non-hydrogen) atoms. The van der Waals surface area contributed by atoms with E-state index in [1.54, 1.807) is 10.9 Å². The fraction of sp³-hybridized carbons (Fsp3) is 0.446. The Bertz CT molecular complexity index is 4010. The van der Waals surface area contributed by atoms with Crippen LogP contribution in [-0.4, -0.2) is 95.7 Å². The number of carbonyl (C=O) groups is 1. The zero-order valence-corrected chi connectivity index (χ0v) is 54.3. The molecular formula is C56H69BrCl3N13O12S3. The zero-order chi connectivity index (χ0) is 60.5. The average molecular weight is 1400 g/mol. The van der Waals surface area contributed by atoms with Crippen molar-refractivity contribution >= 4 is 98.3 Å².